The van der Waals surface area contributed by atoms with E-state index in [2.05, 4.69) is 20.2 Å². The Kier molecular flexibility index (Phi) is 4.43. The maximum Gasteiger partial charge on any atom is 0.134 e. The molecule has 1 aliphatic heterocycles. The van der Waals surface area contributed by atoms with Crippen LogP contribution in [0.3, 0.4) is 0 Å². The SMILES string of the molecule is Fc1cccc(F)c1CNc1cc(N2CCOCC2)ncn1. The monoisotopic (exact) mass is 306 g/mol. The third kappa shape index (κ3) is 3.30. The molecule has 1 fully saturated rings. The van der Waals surface area contributed by atoms with Gasteiger partial charge in [0.05, 0.1) is 13.2 Å². The van der Waals surface area contributed by atoms with Crippen molar-refractivity contribution in [3.8, 4) is 0 Å². The lowest BCUT2D eigenvalue weighted by Crippen LogP contribution is -2.36. The first-order valence-corrected chi connectivity index (χ1v) is 7.05. The lowest BCUT2D eigenvalue weighted by molar-refractivity contribution is 0.122. The summed E-state index contributed by atoms with van der Waals surface area (Å²) in [7, 11) is 0. The van der Waals surface area contributed by atoms with Crippen molar-refractivity contribution in [2.24, 2.45) is 0 Å². The highest BCUT2D eigenvalue weighted by atomic mass is 19.1. The Bertz CT molecular complexity index is 627. The van der Waals surface area contributed by atoms with E-state index >= 15 is 0 Å². The van der Waals surface area contributed by atoms with Crippen molar-refractivity contribution >= 4 is 11.6 Å². The van der Waals surface area contributed by atoms with Crippen LogP contribution in [0.15, 0.2) is 30.6 Å². The number of morpholine rings is 1. The van der Waals surface area contributed by atoms with Crippen molar-refractivity contribution in [1.29, 1.82) is 0 Å². The number of halogens is 2. The van der Waals surface area contributed by atoms with Crippen molar-refractivity contribution in [1.82, 2.24) is 9.97 Å². The van der Waals surface area contributed by atoms with Gasteiger partial charge in [-0.1, -0.05) is 6.07 Å². The van der Waals surface area contributed by atoms with Crippen molar-refractivity contribution in [3.63, 3.8) is 0 Å². The molecule has 0 saturated carbocycles. The molecule has 2 heterocycles. The van der Waals surface area contributed by atoms with Crippen LogP contribution >= 0.6 is 0 Å². The predicted octanol–water partition coefficient (Wildman–Crippen LogP) is 2.20. The Morgan fingerprint density at radius 3 is 2.59 bits per heavy atom. The number of nitrogens with zero attached hydrogens (tertiary/aromatic N) is 3. The largest absolute Gasteiger partial charge is 0.378 e. The van der Waals surface area contributed by atoms with Crippen molar-refractivity contribution in [2.75, 3.05) is 36.5 Å². The van der Waals surface area contributed by atoms with Crippen molar-refractivity contribution in [3.05, 3.63) is 47.8 Å². The summed E-state index contributed by atoms with van der Waals surface area (Å²) in [5, 5.41) is 2.93. The quantitative estimate of drug-likeness (QED) is 0.938. The van der Waals surface area contributed by atoms with Crippen LogP contribution in [0.1, 0.15) is 5.56 Å². The zero-order valence-corrected chi connectivity index (χ0v) is 11.9. The van der Waals surface area contributed by atoms with Gasteiger partial charge in [0.1, 0.15) is 29.6 Å². The molecule has 116 valence electrons. The number of rotatable bonds is 4. The summed E-state index contributed by atoms with van der Waals surface area (Å²) in [6.45, 7) is 2.87. The molecule has 1 saturated heterocycles. The van der Waals surface area contributed by atoms with Crippen molar-refractivity contribution in [2.45, 2.75) is 6.54 Å². The van der Waals surface area contributed by atoms with E-state index in [1.54, 1.807) is 6.07 Å². The van der Waals surface area contributed by atoms with Crippen LogP contribution in [0.5, 0.6) is 0 Å². The first-order chi connectivity index (χ1) is 10.7. The van der Waals surface area contributed by atoms with E-state index in [1.165, 1.54) is 24.5 Å². The fraction of sp³-hybridized carbons (Fsp3) is 0.333. The minimum absolute atomic E-state index is 0.00552. The minimum Gasteiger partial charge on any atom is -0.378 e. The zero-order valence-electron chi connectivity index (χ0n) is 11.9. The lowest BCUT2D eigenvalue weighted by Gasteiger charge is -2.27. The Morgan fingerprint density at radius 2 is 1.86 bits per heavy atom. The van der Waals surface area contributed by atoms with Crippen molar-refractivity contribution < 1.29 is 13.5 Å². The summed E-state index contributed by atoms with van der Waals surface area (Å²) in [5.74, 6) is 0.152. The van der Waals surface area contributed by atoms with Gasteiger partial charge in [-0.05, 0) is 12.1 Å². The summed E-state index contributed by atoms with van der Waals surface area (Å²) in [5.41, 5.74) is -0.00552. The van der Waals surface area contributed by atoms with E-state index in [0.717, 1.165) is 18.9 Å². The minimum atomic E-state index is -0.574. The average Bonchev–Trinajstić information content (AvgIpc) is 2.55. The Hall–Kier alpha value is -2.28. The van der Waals surface area contributed by atoms with Crippen LogP contribution < -0.4 is 10.2 Å². The molecular weight excluding hydrogens is 290 g/mol. The highest BCUT2D eigenvalue weighted by Gasteiger charge is 2.13. The third-order valence-corrected chi connectivity index (χ3v) is 3.50. The zero-order chi connectivity index (χ0) is 15.4. The molecule has 5 nitrogen and oxygen atoms in total. The molecule has 0 spiro atoms. The lowest BCUT2D eigenvalue weighted by atomic mass is 10.2. The number of ether oxygens (including phenoxy) is 1. The number of aromatic nitrogens is 2. The van der Waals surface area contributed by atoms with Crippen LogP contribution in [0.4, 0.5) is 20.4 Å². The molecule has 0 aliphatic carbocycles. The molecule has 1 aromatic carbocycles. The van der Waals surface area contributed by atoms with Crippen LogP contribution in [-0.4, -0.2) is 36.3 Å². The molecule has 0 bridgehead atoms. The van der Waals surface area contributed by atoms with Gasteiger partial charge < -0.3 is 15.0 Å². The summed E-state index contributed by atoms with van der Waals surface area (Å²) in [6.07, 6.45) is 1.44. The van der Waals surface area contributed by atoms with Gasteiger partial charge in [-0.2, -0.15) is 0 Å². The van der Waals surface area contributed by atoms with E-state index < -0.39 is 11.6 Å². The van der Waals surface area contributed by atoms with Crippen LogP contribution in [0.25, 0.3) is 0 Å². The predicted molar refractivity (Wildman–Crippen MR) is 78.7 cm³/mol. The average molecular weight is 306 g/mol. The first-order valence-electron chi connectivity index (χ1n) is 7.05. The highest BCUT2D eigenvalue weighted by Crippen LogP contribution is 2.17. The molecule has 0 atom stereocenters. The van der Waals surface area contributed by atoms with Gasteiger partial charge in [-0.15, -0.1) is 0 Å². The molecular formula is C15H16F2N4O. The van der Waals surface area contributed by atoms with E-state index in [0.29, 0.717) is 19.0 Å². The Balaban J connectivity index is 1.70. The van der Waals surface area contributed by atoms with Gasteiger partial charge in [0.25, 0.3) is 0 Å². The molecule has 1 aromatic heterocycles. The fourth-order valence-corrected chi connectivity index (χ4v) is 2.29. The second-order valence-corrected chi connectivity index (χ2v) is 4.91. The van der Waals surface area contributed by atoms with E-state index in [9.17, 15) is 8.78 Å². The normalized spacial score (nSPS) is 14.9. The van der Waals surface area contributed by atoms with Crippen LogP contribution in [-0.2, 0) is 11.3 Å². The maximum atomic E-state index is 13.6. The number of anilines is 2. The molecule has 7 heteroatoms. The summed E-state index contributed by atoms with van der Waals surface area (Å²) in [4.78, 5) is 10.4. The summed E-state index contributed by atoms with van der Waals surface area (Å²) < 4.78 is 32.5. The summed E-state index contributed by atoms with van der Waals surface area (Å²) >= 11 is 0. The van der Waals surface area contributed by atoms with Gasteiger partial charge in [0, 0.05) is 31.3 Å². The fourth-order valence-electron chi connectivity index (χ4n) is 2.29. The number of hydrogen-bond donors (Lipinski definition) is 1. The molecule has 1 aliphatic rings. The standard InChI is InChI=1S/C15H16F2N4O/c16-12-2-1-3-13(17)11(12)9-18-14-8-15(20-10-19-14)21-4-6-22-7-5-21/h1-3,8,10H,4-7,9H2,(H,18,19,20). The van der Waals surface area contributed by atoms with Gasteiger partial charge in [0.2, 0.25) is 0 Å². The summed E-state index contributed by atoms with van der Waals surface area (Å²) in [6, 6.07) is 5.58. The molecule has 22 heavy (non-hydrogen) atoms. The Labute approximate surface area is 127 Å². The number of nitrogens with one attached hydrogen (secondary N) is 1. The Morgan fingerprint density at radius 1 is 1.14 bits per heavy atom. The number of benzene rings is 1. The van der Waals surface area contributed by atoms with Crippen LogP contribution in [0.2, 0.25) is 0 Å². The second kappa shape index (κ2) is 6.65. The third-order valence-electron chi connectivity index (χ3n) is 3.50. The van der Waals surface area contributed by atoms with Crippen LogP contribution in [0, 0.1) is 11.6 Å². The second-order valence-electron chi connectivity index (χ2n) is 4.91. The van der Waals surface area contributed by atoms with Gasteiger partial charge in [-0.25, -0.2) is 18.7 Å². The smallest absolute Gasteiger partial charge is 0.134 e. The topological polar surface area (TPSA) is 50.3 Å². The van der Waals surface area contributed by atoms with E-state index in [4.69, 9.17) is 4.74 Å². The molecule has 0 unspecified atom stereocenters. The maximum absolute atomic E-state index is 13.6. The molecule has 3 rings (SSSR count). The number of hydrogen-bond acceptors (Lipinski definition) is 5. The van der Waals surface area contributed by atoms with Gasteiger partial charge in [0.15, 0.2) is 0 Å². The van der Waals surface area contributed by atoms with E-state index in [1.807, 2.05) is 0 Å². The molecule has 1 N–H and O–H groups in total. The first kappa shape index (κ1) is 14.6. The van der Waals surface area contributed by atoms with Gasteiger partial charge >= 0.3 is 0 Å². The molecule has 2 aromatic rings. The molecule has 0 radical (unpaired) electrons. The molecule has 0 amide bonds. The van der Waals surface area contributed by atoms with Gasteiger partial charge in [-0.3, -0.25) is 0 Å². The van der Waals surface area contributed by atoms with E-state index in [-0.39, 0.29) is 12.1 Å². The highest BCUT2D eigenvalue weighted by molar-refractivity contribution is 5.49.